The summed E-state index contributed by atoms with van der Waals surface area (Å²) < 4.78 is 17.0. The van der Waals surface area contributed by atoms with Crippen molar-refractivity contribution in [2.24, 2.45) is 0 Å². The van der Waals surface area contributed by atoms with Crippen LogP contribution in [0.1, 0.15) is 348 Å². The van der Waals surface area contributed by atoms with Crippen molar-refractivity contribution < 1.29 is 28.6 Å². The van der Waals surface area contributed by atoms with Crippen molar-refractivity contribution >= 4 is 17.9 Å². The molecule has 0 fully saturated rings. The van der Waals surface area contributed by atoms with Gasteiger partial charge in [-0.3, -0.25) is 14.4 Å². The van der Waals surface area contributed by atoms with E-state index in [1.165, 1.54) is 193 Å². The lowest BCUT2D eigenvalue weighted by Gasteiger charge is -2.18. The van der Waals surface area contributed by atoms with Gasteiger partial charge in [0, 0.05) is 19.3 Å². The van der Waals surface area contributed by atoms with E-state index in [0.717, 1.165) is 116 Å². The smallest absolute Gasteiger partial charge is 0.306 e. The van der Waals surface area contributed by atoms with Gasteiger partial charge < -0.3 is 14.2 Å². The van der Waals surface area contributed by atoms with Gasteiger partial charge in [-0.15, -0.1) is 0 Å². The Labute approximate surface area is 496 Å². The van der Waals surface area contributed by atoms with Crippen LogP contribution in [0.5, 0.6) is 0 Å². The minimum absolute atomic E-state index is 0.0812. The number of carbonyl (C=O) groups excluding carboxylic acids is 3. The van der Waals surface area contributed by atoms with E-state index in [2.05, 4.69) is 106 Å². The van der Waals surface area contributed by atoms with Gasteiger partial charge in [0.25, 0.3) is 0 Å². The summed E-state index contributed by atoms with van der Waals surface area (Å²) in [5.41, 5.74) is 0. The zero-order chi connectivity index (χ0) is 57.8. The molecule has 0 aliphatic carbocycles. The second-order valence-corrected chi connectivity index (χ2v) is 23.1. The molecule has 0 spiro atoms. The quantitative estimate of drug-likeness (QED) is 0.0261. The van der Waals surface area contributed by atoms with Gasteiger partial charge in [-0.25, -0.2) is 0 Å². The molecular formula is C74H130O6. The Kier molecular flexibility index (Phi) is 65.2. The number of rotatable bonds is 63. The van der Waals surface area contributed by atoms with Crippen LogP contribution in [0.3, 0.4) is 0 Å². The predicted molar refractivity (Wildman–Crippen MR) is 348 cm³/mol. The first-order valence-corrected chi connectivity index (χ1v) is 34.6. The van der Waals surface area contributed by atoms with Gasteiger partial charge >= 0.3 is 17.9 Å². The highest BCUT2D eigenvalue weighted by molar-refractivity contribution is 5.71. The monoisotopic (exact) mass is 1110 g/mol. The van der Waals surface area contributed by atoms with Crippen LogP contribution in [0.4, 0.5) is 0 Å². The SMILES string of the molecule is CC/C=C\C/C=C\C/C=C\C/C=C\C/C=C\CCCCCCCC(=O)OC(COC(=O)CCCCCCCCCCCCCCC/C=C\C/C=C\CCCCCCC)COC(=O)CCCCCCCCCCCCCCCCCC. The van der Waals surface area contributed by atoms with Gasteiger partial charge in [0.2, 0.25) is 0 Å². The lowest BCUT2D eigenvalue weighted by Crippen LogP contribution is -2.30. The molecule has 6 nitrogen and oxygen atoms in total. The van der Waals surface area contributed by atoms with E-state index in [1.807, 2.05) is 0 Å². The van der Waals surface area contributed by atoms with E-state index in [-0.39, 0.29) is 31.1 Å². The van der Waals surface area contributed by atoms with Crippen LogP contribution >= 0.6 is 0 Å². The van der Waals surface area contributed by atoms with Crippen LogP contribution in [-0.4, -0.2) is 37.2 Å². The molecule has 0 aromatic carbocycles. The van der Waals surface area contributed by atoms with Gasteiger partial charge in [0.15, 0.2) is 6.10 Å². The summed E-state index contributed by atoms with van der Waals surface area (Å²) in [6, 6.07) is 0. The minimum Gasteiger partial charge on any atom is -0.462 e. The molecule has 0 radical (unpaired) electrons. The zero-order valence-corrected chi connectivity index (χ0v) is 53.1. The number of esters is 3. The summed E-state index contributed by atoms with van der Waals surface area (Å²) in [6.07, 6.45) is 90.2. The number of ether oxygens (including phenoxy) is 3. The highest BCUT2D eigenvalue weighted by atomic mass is 16.6. The van der Waals surface area contributed by atoms with E-state index in [0.29, 0.717) is 19.3 Å². The third kappa shape index (κ3) is 65.4. The molecule has 0 aromatic rings. The van der Waals surface area contributed by atoms with E-state index in [4.69, 9.17) is 14.2 Å². The van der Waals surface area contributed by atoms with Crippen LogP contribution < -0.4 is 0 Å². The summed E-state index contributed by atoms with van der Waals surface area (Å²) in [5.74, 6) is -0.882. The van der Waals surface area contributed by atoms with Crippen molar-refractivity contribution in [2.45, 2.75) is 354 Å². The molecule has 0 heterocycles. The molecule has 0 rings (SSSR count). The first-order chi connectivity index (χ1) is 39.5. The second-order valence-electron chi connectivity index (χ2n) is 23.1. The molecule has 1 atom stereocenters. The first kappa shape index (κ1) is 76.6. The Hall–Kier alpha value is -3.41. The largest absolute Gasteiger partial charge is 0.462 e. The number of hydrogen-bond donors (Lipinski definition) is 0. The molecule has 0 aliphatic rings. The van der Waals surface area contributed by atoms with Gasteiger partial charge in [0.05, 0.1) is 0 Å². The first-order valence-electron chi connectivity index (χ1n) is 34.6. The molecular weight excluding hydrogens is 985 g/mol. The van der Waals surface area contributed by atoms with Crippen LogP contribution in [-0.2, 0) is 28.6 Å². The van der Waals surface area contributed by atoms with Crippen molar-refractivity contribution in [3.63, 3.8) is 0 Å². The maximum absolute atomic E-state index is 12.9. The average Bonchev–Trinajstić information content (AvgIpc) is 3.46. The van der Waals surface area contributed by atoms with E-state index >= 15 is 0 Å². The van der Waals surface area contributed by atoms with Crippen LogP contribution in [0.15, 0.2) is 85.1 Å². The molecule has 0 N–H and O–H groups in total. The molecule has 0 bridgehead atoms. The highest BCUT2D eigenvalue weighted by Gasteiger charge is 2.19. The third-order valence-corrected chi connectivity index (χ3v) is 15.1. The highest BCUT2D eigenvalue weighted by Crippen LogP contribution is 2.17. The molecule has 0 amide bonds. The van der Waals surface area contributed by atoms with E-state index < -0.39 is 6.10 Å². The van der Waals surface area contributed by atoms with Gasteiger partial charge in [0.1, 0.15) is 13.2 Å². The van der Waals surface area contributed by atoms with Gasteiger partial charge in [-0.1, -0.05) is 318 Å². The minimum atomic E-state index is -0.788. The Morgan fingerprint density at radius 1 is 0.263 bits per heavy atom. The van der Waals surface area contributed by atoms with Crippen molar-refractivity contribution in [2.75, 3.05) is 13.2 Å². The van der Waals surface area contributed by atoms with Crippen molar-refractivity contribution in [1.82, 2.24) is 0 Å². The fraction of sp³-hybridized carbons (Fsp3) is 0.770. The van der Waals surface area contributed by atoms with Gasteiger partial charge in [-0.05, 0) is 96.3 Å². The Morgan fingerprint density at radius 3 is 0.762 bits per heavy atom. The molecule has 6 heteroatoms. The average molecular weight is 1120 g/mol. The van der Waals surface area contributed by atoms with Crippen LogP contribution in [0.2, 0.25) is 0 Å². The summed E-state index contributed by atoms with van der Waals surface area (Å²) in [7, 11) is 0. The lowest BCUT2D eigenvalue weighted by atomic mass is 10.0. The Morgan fingerprint density at radius 2 is 0.487 bits per heavy atom. The van der Waals surface area contributed by atoms with Crippen LogP contribution in [0, 0.1) is 0 Å². The summed E-state index contributed by atoms with van der Waals surface area (Å²) in [6.45, 7) is 6.55. The fourth-order valence-corrected chi connectivity index (χ4v) is 9.97. The summed E-state index contributed by atoms with van der Waals surface area (Å²) >= 11 is 0. The van der Waals surface area contributed by atoms with Crippen molar-refractivity contribution in [1.29, 1.82) is 0 Å². The van der Waals surface area contributed by atoms with E-state index in [1.54, 1.807) is 0 Å². The summed E-state index contributed by atoms with van der Waals surface area (Å²) in [5, 5.41) is 0. The maximum atomic E-state index is 12.9. The molecule has 0 saturated carbocycles. The van der Waals surface area contributed by atoms with Crippen LogP contribution in [0.25, 0.3) is 0 Å². The van der Waals surface area contributed by atoms with Crippen molar-refractivity contribution in [3.05, 3.63) is 85.1 Å². The standard InChI is InChI=1S/C74H130O6/c1-4-7-10-13-16-19-22-25-28-31-33-35-36-37-38-40-41-43-46-49-52-55-58-61-64-67-73(76)79-70-71(69-78-72(75)66-63-60-57-54-51-48-45-30-27-24-21-18-15-12-9-6-3)80-74(77)68-65-62-59-56-53-50-47-44-42-39-34-32-29-26-23-20-17-14-11-8-5-2/h8,11,17,20,22,25-26,29,31,33-34,39,44,47,71H,4-7,9-10,12-16,18-19,21,23-24,27-28,30,32,35-38,40-43,45-46,48-70H2,1-3H3/b11-8-,20-17-,25-22-,29-26-,33-31-,39-34-,47-44-. The summed E-state index contributed by atoms with van der Waals surface area (Å²) in [4.78, 5) is 38.4. The van der Waals surface area contributed by atoms with E-state index in [9.17, 15) is 14.4 Å². The predicted octanol–water partition coefficient (Wildman–Crippen LogP) is 23.8. The molecule has 1 unspecified atom stereocenters. The molecule has 0 aromatic heterocycles. The second kappa shape index (κ2) is 68.1. The third-order valence-electron chi connectivity index (χ3n) is 15.1. The number of unbranched alkanes of at least 4 members (excludes halogenated alkanes) is 38. The molecule has 462 valence electrons. The fourth-order valence-electron chi connectivity index (χ4n) is 9.97. The lowest BCUT2D eigenvalue weighted by molar-refractivity contribution is -0.167. The van der Waals surface area contributed by atoms with Crippen molar-refractivity contribution in [3.8, 4) is 0 Å². The maximum Gasteiger partial charge on any atom is 0.306 e. The molecule has 80 heavy (non-hydrogen) atoms. The molecule has 0 aliphatic heterocycles. The normalized spacial score (nSPS) is 12.6. The number of allylic oxidation sites excluding steroid dienone is 14. The Balaban J connectivity index is 4.36. The molecule has 0 saturated heterocycles. The zero-order valence-electron chi connectivity index (χ0n) is 53.1. The topological polar surface area (TPSA) is 78.9 Å². The number of carbonyl (C=O) groups is 3. The Bertz CT molecular complexity index is 1520. The number of hydrogen-bond acceptors (Lipinski definition) is 6. The van der Waals surface area contributed by atoms with Gasteiger partial charge in [-0.2, -0.15) is 0 Å².